The van der Waals surface area contributed by atoms with Gasteiger partial charge in [0.25, 0.3) is 5.91 Å². The minimum atomic E-state index is -0.726. The average molecular weight is 475 g/mol. The van der Waals surface area contributed by atoms with Crippen molar-refractivity contribution in [2.75, 3.05) is 13.1 Å². The van der Waals surface area contributed by atoms with Crippen LogP contribution in [0.2, 0.25) is 0 Å². The van der Waals surface area contributed by atoms with Crippen LogP contribution in [0, 0.1) is 18.6 Å². The van der Waals surface area contributed by atoms with Crippen LogP contribution >= 0.6 is 0 Å². The molecule has 1 aliphatic rings. The number of ether oxygens (including phenoxy) is 1. The van der Waals surface area contributed by atoms with Gasteiger partial charge < -0.3 is 14.1 Å². The summed E-state index contributed by atoms with van der Waals surface area (Å²) in [5.74, 6) is -0.615. The normalized spacial score (nSPS) is 14.2. The molecule has 1 aromatic heterocycles. The van der Waals surface area contributed by atoms with Crippen molar-refractivity contribution in [2.45, 2.75) is 25.9 Å². The summed E-state index contributed by atoms with van der Waals surface area (Å²) in [4.78, 5) is 14.7. The SMILES string of the molecule is Cc1cccc(-c2nnc(-c3ccc(C(=O)N4CCC(Oc5ccc(F)cc5F)CC4)cc3)o2)c1. The van der Waals surface area contributed by atoms with Crippen LogP contribution in [0.15, 0.2) is 71.1 Å². The number of nitrogens with zero attached hydrogens (tertiary/aromatic N) is 3. The molecule has 0 radical (unpaired) electrons. The van der Waals surface area contributed by atoms with E-state index in [2.05, 4.69) is 10.2 Å². The van der Waals surface area contributed by atoms with Crippen LogP contribution in [0.4, 0.5) is 8.78 Å². The second-order valence-electron chi connectivity index (χ2n) is 8.54. The summed E-state index contributed by atoms with van der Waals surface area (Å²) in [6.45, 7) is 2.96. The van der Waals surface area contributed by atoms with Crippen LogP contribution in [-0.2, 0) is 0 Å². The Balaban J connectivity index is 1.20. The van der Waals surface area contributed by atoms with E-state index in [-0.39, 0.29) is 17.8 Å². The zero-order valence-electron chi connectivity index (χ0n) is 19.1. The Labute approximate surface area is 201 Å². The molecule has 8 heteroatoms. The molecule has 0 spiro atoms. The molecule has 0 atom stereocenters. The summed E-state index contributed by atoms with van der Waals surface area (Å²) in [7, 11) is 0. The molecular weight excluding hydrogens is 452 g/mol. The summed E-state index contributed by atoms with van der Waals surface area (Å²) in [6, 6.07) is 18.1. The fraction of sp³-hybridized carbons (Fsp3) is 0.222. The lowest BCUT2D eigenvalue weighted by Crippen LogP contribution is -2.41. The number of piperidine rings is 1. The van der Waals surface area contributed by atoms with E-state index in [1.165, 1.54) is 12.1 Å². The minimum Gasteiger partial charge on any atom is -0.487 e. The van der Waals surface area contributed by atoms with Gasteiger partial charge in [0.2, 0.25) is 11.8 Å². The highest BCUT2D eigenvalue weighted by molar-refractivity contribution is 5.94. The Bertz CT molecular complexity index is 1350. The Kier molecular flexibility index (Phi) is 6.27. The molecule has 1 aliphatic heterocycles. The van der Waals surface area contributed by atoms with Crippen molar-refractivity contribution in [2.24, 2.45) is 0 Å². The third-order valence-corrected chi connectivity index (χ3v) is 5.99. The second-order valence-corrected chi connectivity index (χ2v) is 8.54. The number of hydrogen-bond donors (Lipinski definition) is 0. The molecule has 0 bridgehead atoms. The number of amides is 1. The number of benzene rings is 3. The molecule has 35 heavy (non-hydrogen) atoms. The molecule has 178 valence electrons. The fourth-order valence-electron chi connectivity index (χ4n) is 4.10. The van der Waals surface area contributed by atoms with Gasteiger partial charge >= 0.3 is 0 Å². The predicted octanol–water partition coefficient (Wildman–Crippen LogP) is 5.67. The third kappa shape index (κ3) is 5.06. The zero-order chi connectivity index (χ0) is 24.4. The lowest BCUT2D eigenvalue weighted by molar-refractivity contribution is 0.0588. The largest absolute Gasteiger partial charge is 0.487 e. The molecule has 4 aromatic rings. The highest BCUT2D eigenvalue weighted by Crippen LogP contribution is 2.26. The molecule has 0 saturated carbocycles. The summed E-state index contributed by atoms with van der Waals surface area (Å²) in [5.41, 5.74) is 3.23. The first kappa shape index (κ1) is 22.7. The molecule has 5 rings (SSSR count). The smallest absolute Gasteiger partial charge is 0.253 e. The van der Waals surface area contributed by atoms with E-state index < -0.39 is 11.6 Å². The van der Waals surface area contributed by atoms with Gasteiger partial charge in [0, 0.05) is 48.7 Å². The van der Waals surface area contributed by atoms with E-state index in [0.29, 0.717) is 43.3 Å². The quantitative estimate of drug-likeness (QED) is 0.372. The molecule has 1 saturated heterocycles. The number of carbonyl (C=O) groups is 1. The van der Waals surface area contributed by atoms with Gasteiger partial charge in [0.1, 0.15) is 11.9 Å². The van der Waals surface area contributed by atoms with E-state index in [1.54, 1.807) is 29.2 Å². The Morgan fingerprint density at radius 2 is 1.66 bits per heavy atom. The first-order chi connectivity index (χ1) is 17.0. The van der Waals surface area contributed by atoms with Gasteiger partial charge in [0.05, 0.1) is 0 Å². The van der Waals surface area contributed by atoms with Gasteiger partial charge in [-0.1, -0.05) is 17.7 Å². The molecule has 3 aromatic carbocycles. The predicted molar refractivity (Wildman–Crippen MR) is 126 cm³/mol. The number of likely N-dealkylation sites (tertiary alicyclic amines) is 1. The van der Waals surface area contributed by atoms with Crippen LogP contribution in [-0.4, -0.2) is 40.2 Å². The lowest BCUT2D eigenvalue weighted by atomic mass is 10.1. The molecule has 0 unspecified atom stereocenters. The first-order valence-corrected chi connectivity index (χ1v) is 11.4. The Morgan fingerprint density at radius 3 is 2.34 bits per heavy atom. The van der Waals surface area contributed by atoms with Gasteiger partial charge in [-0.2, -0.15) is 0 Å². The summed E-state index contributed by atoms with van der Waals surface area (Å²) in [6.07, 6.45) is 0.885. The highest BCUT2D eigenvalue weighted by Gasteiger charge is 2.25. The van der Waals surface area contributed by atoms with Crippen molar-refractivity contribution in [1.82, 2.24) is 15.1 Å². The summed E-state index contributed by atoms with van der Waals surface area (Å²) >= 11 is 0. The molecule has 1 amide bonds. The number of aryl methyl sites for hydroxylation is 1. The Morgan fingerprint density at radius 1 is 0.943 bits per heavy atom. The van der Waals surface area contributed by atoms with Gasteiger partial charge in [-0.25, -0.2) is 8.78 Å². The standard InChI is InChI=1S/C27H23F2N3O3/c1-17-3-2-4-20(15-17)26-31-30-25(35-26)18-5-7-19(8-6-18)27(33)32-13-11-22(12-14-32)34-24-10-9-21(28)16-23(24)29/h2-10,15-16,22H,11-14H2,1H3. The topological polar surface area (TPSA) is 68.5 Å². The molecule has 1 fully saturated rings. The Hall–Kier alpha value is -4.07. The number of halogens is 2. The van der Waals surface area contributed by atoms with Gasteiger partial charge in [0.15, 0.2) is 11.6 Å². The molecular formula is C27H23F2N3O3. The summed E-state index contributed by atoms with van der Waals surface area (Å²) < 4.78 is 38.4. The fourth-order valence-corrected chi connectivity index (χ4v) is 4.10. The third-order valence-electron chi connectivity index (χ3n) is 5.99. The van der Waals surface area contributed by atoms with E-state index in [0.717, 1.165) is 22.8 Å². The number of aromatic nitrogens is 2. The lowest BCUT2D eigenvalue weighted by Gasteiger charge is -2.32. The van der Waals surface area contributed by atoms with Crippen molar-refractivity contribution in [3.63, 3.8) is 0 Å². The molecule has 6 nitrogen and oxygen atoms in total. The average Bonchev–Trinajstić information content (AvgIpc) is 3.36. The number of hydrogen-bond acceptors (Lipinski definition) is 5. The maximum atomic E-state index is 13.8. The monoisotopic (exact) mass is 475 g/mol. The second kappa shape index (κ2) is 9.66. The van der Waals surface area contributed by atoms with E-state index in [1.807, 2.05) is 31.2 Å². The molecule has 0 aliphatic carbocycles. The summed E-state index contributed by atoms with van der Waals surface area (Å²) in [5, 5.41) is 8.27. The maximum Gasteiger partial charge on any atom is 0.253 e. The first-order valence-electron chi connectivity index (χ1n) is 11.4. The van der Waals surface area contributed by atoms with E-state index in [9.17, 15) is 13.6 Å². The van der Waals surface area contributed by atoms with Crippen molar-refractivity contribution >= 4 is 5.91 Å². The highest BCUT2D eigenvalue weighted by atomic mass is 19.1. The van der Waals surface area contributed by atoms with Crippen LogP contribution in [0.25, 0.3) is 22.9 Å². The van der Waals surface area contributed by atoms with Gasteiger partial charge in [-0.15, -0.1) is 10.2 Å². The molecule has 0 N–H and O–H groups in total. The number of rotatable bonds is 5. The van der Waals surface area contributed by atoms with Crippen molar-refractivity contribution in [3.8, 4) is 28.7 Å². The van der Waals surface area contributed by atoms with Gasteiger partial charge in [-0.05, 0) is 55.5 Å². The minimum absolute atomic E-state index is 0.0262. The zero-order valence-corrected chi connectivity index (χ0v) is 19.1. The van der Waals surface area contributed by atoms with Gasteiger partial charge in [-0.3, -0.25) is 4.79 Å². The number of carbonyl (C=O) groups excluding carboxylic acids is 1. The van der Waals surface area contributed by atoms with Crippen LogP contribution in [0.1, 0.15) is 28.8 Å². The van der Waals surface area contributed by atoms with Crippen LogP contribution in [0.3, 0.4) is 0 Å². The van der Waals surface area contributed by atoms with E-state index in [4.69, 9.17) is 9.15 Å². The van der Waals surface area contributed by atoms with E-state index >= 15 is 0 Å². The maximum absolute atomic E-state index is 13.8. The van der Waals surface area contributed by atoms with Crippen LogP contribution < -0.4 is 4.74 Å². The van der Waals surface area contributed by atoms with Crippen molar-refractivity contribution in [3.05, 3.63) is 89.5 Å². The molecule has 2 heterocycles. The van der Waals surface area contributed by atoms with Crippen molar-refractivity contribution < 1.29 is 22.7 Å². The van der Waals surface area contributed by atoms with Crippen molar-refractivity contribution in [1.29, 1.82) is 0 Å². The van der Waals surface area contributed by atoms with Crippen LogP contribution in [0.5, 0.6) is 5.75 Å².